The molecule has 1 aromatic rings. The van der Waals surface area contributed by atoms with Crippen LogP contribution in [0.3, 0.4) is 0 Å². The van der Waals surface area contributed by atoms with Crippen LogP contribution in [0.2, 0.25) is 0 Å². The number of oxime groups is 1. The van der Waals surface area contributed by atoms with Gasteiger partial charge in [-0.1, -0.05) is 41.6 Å². The van der Waals surface area contributed by atoms with Crippen molar-refractivity contribution >= 4 is 5.71 Å². The van der Waals surface area contributed by atoms with Crippen LogP contribution in [-0.2, 0) is 0 Å². The normalized spacial score (nSPS) is 11.2. The van der Waals surface area contributed by atoms with Crippen LogP contribution in [0.4, 0.5) is 0 Å². The summed E-state index contributed by atoms with van der Waals surface area (Å²) in [6, 6.07) is 9.64. The first kappa shape index (κ1) is 9.52. The van der Waals surface area contributed by atoms with Gasteiger partial charge in [-0.25, -0.2) is 0 Å². The second-order valence-electron chi connectivity index (χ2n) is 2.74. The first-order valence-corrected chi connectivity index (χ1v) is 4.25. The van der Waals surface area contributed by atoms with Crippen molar-refractivity contribution in [2.45, 2.75) is 12.8 Å². The number of hydrogen-bond donors (Lipinski definition) is 1. The second-order valence-corrected chi connectivity index (χ2v) is 2.74. The van der Waals surface area contributed by atoms with Gasteiger partial charge in [0.25, 0.3) is 0 Å². The number of hydrogen-bond acceptors (Lipinski definition) is 2. The van der Waals surface area contributed by atoms with Crippen LogP contribution in [0, 0.1) is 0 Å². The molecule has 0 bridgehead atoms. The Hall–Kier alpha value is -1.57. The topological polar surface area (TPSA) is 32.6 Å². The zero-order valence-electron chi connectivity index (χ0n) is 7.48. The van der Waals surface area contributed by atoms with Crippen molar-refractivity contribution in [2.75, 3.05) is 0 Å². The van der Waals surface area contributed by atoms with E-state index in [2.05, 4.69) is 11.7 Å². The summed E-state index contributed by atoms with van der Waals surface area (Å²) in [6.45, 7) is 3.62. The lowest BCUT2D eigenvalue weighted by molar-refractivity contribution is 0.318. The van der Waals surface area contributed by atoms with Crippen molar-refractivity contribution in [1.29, 1.82) is 0 Å². The third-order valence-corrected chi connectivity index (χ3v) is 1.81. The van der Waals surface area contributed by atoms with Crippen LogP contribution in [0.25, 0.3) is 0 Å². The standard InChI is InChI=1S/C11H13NO/c1-2-3-9-11(12-13)10-7-5-4-6-8-10/h2,4-8,13H,1,3,9H2/b12-11+. The first-order chi connectivity index (χ1) is 6.38. The Bertz CT molecular complexity index is 290. The highest BCUT2D eigenvalue weighted by atomic mass is 16.4. The van der Waals surface area contributed by atoms with Gasteiger partial charge in [0.1, 0.15) is 0 Å². The second kappa shape index (κ2) is 5.14. The predicted octanol–water partition coefficient (Wildman–Crippen LogP) is 2.83. The van der Waals surface area contributed by atoms with E-state index in [0.717, 1.165) is 18.4 Å². The zero-order chi connectivity index (χ0) is 9.52. The Morgan fingerprint density at radius 2 is 2.08 bits per heavy atom. The summed E-state index contributed by atoms with van der Waals surface area (Å²) in [5.74, 6) is 0. The molecular weight excluding hydrogens is 162 g/mol. The zero-order valence-corrected chi connectivity index (χ0v) is 7.48. The van der Waals surface area contributed by atoms with Crippen molar-refractivity contribution in [3.63, 3.8) is 0 Å². The quantitative estimate of drug-likeness (QED) is 0.324. The van der Waals surface area contributed by atoms with Gasteiger partial charge in [-0.3, -0.25) is 0 Å². The van der Waals surface area contributed by atoms with Crippen molar-refractivity contribution < 1.29 is 5.21 Å². The van der Waals surface area contributed by atoms with Gasteiger partial charge < -0.3 is 5.21 Å². The number of nitrogens with zero attached hydrogens (tertiary/aromatic N) is 1. The molecule has 2 nitrogen and oxygen atoms in total. The fourth-order valence-corrected chi connectivity index (χ4v) is 1.12. The molecule has 68 valence electrons. The molecule has 0 spiro atoms. The van der Waals surface area contributed by atoms with Crippen LogP contribution < -0.4 is 0 Å². The van der Waals surface area contributed by atoms with Gasteiger partial charge in [-0.15, -0.1) is 6.58 Å². The number of rotatable bonds is 4. The van der Waals surface area contributed by atoms with Gasteiger partial charge in [0.15, 0.2) is 0 Å². The molecule has 0 aliphatic rings. The summed E-state index contributed by atoms with van der Waals surface area (Å²) in [6.07, 6.45) is 3.37. The van der Waals surface area contributed by atoms with Gasteiger partial charge in [-0.05, 0) is 18.4 Å². The molecule has 0 aliphatic heterocycles. The van der Waals surface area contributed by atoms with Gasteiger partial charge in [0.05, 0.1) is 5.71 Å². The molecule has 0 radical (unpaired) electrons. The predicted molar refractivity (Wildman–Crippen MR) is 54.2 cm³/mol. The van der Waals surface area contributed by atoms with Crippen LogP contribution in [-0.4, -0.2) is 10.9 Å². The lowest BCUT2D eigenvalue weighted by Gasteiger charge is -2.01. The Balaban J connectivity index is 2.74. The SMILES string of the molecule is C=CCC/C(=N\O)c1ccccc1. The van der Waals surface area contributed by atoms with Crippen molar-refractivity contribution in [3.05, 3.63) is 48.6 Å². The highest BCUT2D eigenvalue weighted by molar-refractivity contribution is 6.00. The average Bonchev–Trinajstić information content (AvgIpc) is 2.21. The Morgan fingerprint density at radius 1 is 1.38 bits per heavy atom. The van der Waals surface area contributed by atoms with Gasteiger partial charge in [-0.2, -0.15) is 0 Å². The molecule has 0 aliphatic carbocycles. The average molecular weight is 175 g/mol. The molecule has 0 fully saturated rings. The molecule has 0 atom stereocenters. The van der Waals surface area contributed by atoms with E-state index in [0.29, 0.717) is 5.71 Å². The maximum absolute atomic E-state index is 8.76. The Morgan fingerprint density at radius 3 is 2.62 bits per heavy atom. The lowest BCUT2D eigenvalue weighted by Crippen LogP contribution is -1.99. The van der Waals surface area contributed by atoms with E-state index >= 15 is 0 Å². The van der Waals surface area contributed by atoms with Crippen molar-refractivity contribution in [3.8, 4) is 0 Å². The maximum atomic E-state index is 8.76. The molecule has 0 heterocycles. The van der Waals surface area contributed by atoms with Crippen LogP contribution in [0.1, 0.15) is 18.4 Å². The summed E-state index contributed by atoms with van der Waals surface area (Å²) >= 11 is 0. The van der Waals surface area contributed by atoms with E-state index < -0.39 is 0 Å². The van der Waals surface area contributed by atoms with Crippen LogP contribution in [0.5, 0.6) is 0 Å². The number of benzene rings is 1. The molecule has 13 heavy (non-hydrogen) atoms. The molecule has 2 heteroatoms. The van der Waals surface area contributed by atoms with Gasteiger partial charge in [0.2, 0.25) is 0 Å². The van der Waals surface area contributed by atoms with Crippen LogP contribution in [0.15, 0.2) is 48.1 Å². The third kappa shape index (κ3) is 2.75. The van der Waals surface area contributed by atoms with E-state index in [9.17, 15) is 0 Å². The highest BCUT2D eigenvalue weighted by Gasteiger charge is 2.01. The van der Waals surface area contributed by atoms with Gasteiger partial charge >= 0.3 is 0 Å². The fourth-order valence-electron chi connectivity index (χ4n) is 1.12. The maximum Gasteiger partial charge on any atom is 0.0870 e. The van der Waals surface area contributed by atoms with E-state index in [4.69, 9.17) is 5.21 Å². The molecule has 1 aromatic carbocycles. The number of allylic oxidation sites excluding steroid dienone is 1. The fraction of sp³-hybridized carbons (Fsp3) is 0.182. The largest absolute Gasteiger partial charge is 0.411 e. The first-order valence-electron chi connectivity index (χ1n) is 4.25. The smallest absolute Gasteiger partial charge is 0.0870 e. The van der Waals surface area contributed by atoms with Crippen molar-refractivity contribution in [2.24, 2.45) is 5.16 Å². The van der Waals surface area contributed by atoms with E-state index in [1.807, 2.05) is 36.4 Å². The van der Waals surface area contributed by atoms with Gasteiger partial charge in [0, 0.05) is 0 Å². The lowest BCUT2D eigenvalue weighted by atomic mass is 10.1. The molecule has 0 saturated carbocycles. The molecule has 1 rings (SSSR count). The van der Waals surface area contributed by atoms with E-state index in [1.54, 1.807) is 0 Å². The molecule has 0 saturated heterocycles. The molecule has 0 amide bonds. The third-order valence-electron chi connectivity index (χ3n) is 1.81. The highest BCUT2D eigenvalue weighted by Crippen LogP contribution is 2.06. The minimum atomic E-state index is 0.709. The minimum Gasteiger partial charge on any atom is -0.411 e. The van der Waals surface area contributed by atoms with E-state index in [1.165, 1.54) is 0 Å². The molecule has 1 N–H and O–H groups in total. The monoisotopic (exact) mass is 175 g/mol. The Kier molecular flexibility index (Phi) is 3.76. The van der Waals surface area contributed by atoms with E-state index in [-0.39, 0.29) is 0 Å². The van der Waals surface area contributed by atoms with Crippen LogP contribution >= 0.6 is 0 Å². The summed E-state index contributed by atoms with van der Waals surface area (Å²) < 4.78 is 0. The summed E-state index contributed by atoms with van der Waals surface area (Å²) in [4.78, 5) is 0. The van der Waals surface area contributed by atoms with Crippen molar-refractivity contribution in [1.82, 2.24) is 0 Å². The minimum absolute atomic E-state index is 0.709. The summed E-state index contributed by atoms with van der Waals surface area (Å²) in [5.41, 5.74) is 1.67. The molecule has 0 aromatic heterocycles. The molecular formula is C11H13NO. The molecule has 0 unspecified atom stereocenters. The summed E-state index contributed by atoms with van der Waals surface area (Å²) in [7, 11) is 0. The summed E-state index contributed by atoms with van der Waals surface area (Å²) in [5, 5.41) is 12.0. The Labute approximate surface area is 78.2 Å².